The molecular formula is C20H27FN2O3. The van der Waals surface area contributed by atoms with Crippen LogP contribution in [0.25, 0.3) is 11.3 Å². The second kappa shape index (κ2) is 7.47. The van der Waals surface area contributed by atoms with Crippen LogP contribution in [0, 0.1) is 12.7 Å². The number of aryl methyl sites for hydroxylation is 1. The number of nitrogens with zero attached hydrogens (tertiary/aromatic N) is 2. The third-order valence-corrected chi connectivity index (χ3v) is 4.48. The van der Waals surface area contributed by atoms with Crippen molar-refractivity contribution in [1.82, 2.24) is 10.1 Å². The van der Waals surface area contributed by atoms with Gasteiger partial charge in [-0.25, -0.2) is 9.29 Å². The molecule has 2 aromatic rings. The van der Waals surface area contributed by atoms with Gasteiger partial charge in [0.2, 0.25) is 6.41 Å². The second-order valence-electron chi connectivity index (χ2n) is 7.77. The molecule has 0 N–H and O–H groups in total. The molecule has 5 nitrogen and oxygen atoms in total. The van der Waals surface area contributed by atoms with Gasteiger partial charge >= 0.3 is 0 Å². The maximum Gasteiger partial charge on any atom is 0.219 e. The van der Waals surface area contributed by atoms with Gasteiger partial charge < -0.3 is 14.0 Å². The molecule has 3 rings (SSSR count). The number of methoxy groups -OCH3 is 1. The fourth-order valence-corrected chi connectivity index (χ4v) is 3.31. The van der Waals surface area contributed by atoms with E-state index in [2.05, 4.69) is 10.1 Å². The van der Waals surface area contributed by atoms with E-state index in [9.17, 15) is 4.39 Å². The summed E-state index contributed by atoms with van der Waals surface area (Å²) in [6, 6.07) is 6.80. The van der Waals surface area contributed by atoms with Crippen LogP contribution in [0.1, 0.15) is 50.9 Å². The van der Waals surface area contributed by atoms with Gasteiger partial charge in [-0.3, -0.25) is 0 Å². The fraction of sp³-hybridized carbons (Fsp3) is 0.550. The lowest BCUT2D eigenvalue weighted by molar-refractivity contribution is -0.256. The number of ether oxygens (including phenoxy) is 2. The van der Waals surface area contributed by atoms with Crippen molar-refractivity contribution in [1.29, 1.82) is 0 Å². The molecule has 0 spiro atoms. The Morgan fingerprint density at radius 3 is 2.77 bits per heavy atom. The molecule has 0 bridgehead atoms. The summed E-state index contributed by atoms with van der Waals surface area (Å²) in [5, 5.41) is 4.21. The van der Waals surface area contributed by atoms with Gasteiger partial charge in [0.1, 0.15) is 11.5 Å². The van der Waals surface area contributed by atoms with Crippen LogP contribution in [-0.4, -0.2) is 35.7 Å². The van der Waals surface area contributed by atoms with Crippen molar-refractivity contribution in [2.45, 2.75) is 58.6 Å². The third kappa shape index (κ3) is 4.14. The summed E-state index contributed by atoms with van der Waals surface area (Å²) < 4.78 is 31.2. The highest BCUT2D eigenvalue weighted by molar-refractivity contribution is 5.59. The zero-order chi connectivity index (χ0) is 18.9. The van der Waals surface area contributed by atoms with Crippen LogP contribution in [-0.2, 0) is 9.47 Å². The van der Waals surface area contributed by atoms with Crippen LogP contribution < -0.4 is 0 Å². The van der Waals surface area contributed by atoms with Crippen LogP contribution in [0.3, 0.4) is 0 Å². The van der Waals surface area contributed by atoms with E-state index in [4.69, 9.17) is 14.0 Å². The summed E-state index contributed by atoms with van der Waals surface area (Å²) in [5.41, 5.74) is 1.85. The molecule has 0 aliphatic carbocycles. The van der Waals surface area contributed by atoms with Gasteiger partial charge in [-0.2, -0.15) is 0 Å². The zero-order valence-electron chi connectivity index (χ0n) is 16.1. The Morgan fingerprint density at radius 1 is 1.31 bits per heavy atom. The lowest BCUT2D eigenvalue weighted by atomic mass is 10.1. The summed E-state index contributed by atoms with van der Waals surface area (Å²) in [6.07, 6.45) is 1.48. The summed E-state index contributed by atoms with van der Waals surface area (Å²) in [6.45, 7) is 8.77. The SMILES string of the molecule is COC(OC(C)(C)C)N1CCC[C@@H]1c1cc(-c2cc(C)ccc2F)on1. The van der Waals surface area contributed by atoms with Crippen molar-refractivity contribution in [3.05, 3.63) is 41.3 Å². The Labute approximate surface area is 154 Å². The number of hydrogen-bond acceptors (Lipinski definition) is 5. The van der Waals surface area contributed by atoms with Gasteiger partial charge in [-0.05, 0) is 52.7 Å². The number of hydrogen-bond donors (Lipinski definition) is 0. The standard InChI is InChI=1S/C20H27FN2O3/c1-13-8-9-15(21)14(11-13)18-12-16(22-26-18)17-7-6-10-23(17)19(24-5)25-20(2,3)4/h8-9,11-12,17,19H,6-7,10H2,1-5H3/t17-,19?/m1/s1. The minimum absolute atomic E-state index is 0.0210. The van der Waals surface area contributed by atoms with E-state index >= 15 is 0 Å². The molecule has 1 saturated heterocycles. The first kappa shape index (κ1) is 19.0. The largest absolute Gasteiger partial charge is 0.356 e. The van der Waals surface area contributed by atoms with Crippen LogP contribution in [0.2, 0.25) is 0 Å². The molecule has 6 heteroatoms. The van der Waals surface area contributed by atoms with E-state index in [1.807, 2.05) is 33.8 Å². The quantitative estimate of drug-likeness (QED) is 0.723. The Balaban J connectivity index is 1.84. The van der Waals surface area contributed by atoms with Gasteiger partial charge in [0.05, 0.1) is 17.2 Å². The summed E-state index contributed by atoms with van der Waals surface area (Å²) in [7, 11) is 1.64. The topological polar surface area (TPSA) is 47.7 Å². The van der Waals surface area contributed by atoms with E-state index in [0.29, 0.717) is 11.3 Å². The molecule has 2 atom stereocenters. The smallest absolute Gasteiger partial charge is 0.219 e. The summed E-state index contributed by atoms with van der Waals surface area (Å²) >= 11 is 0. The number of halogens is 1. The highest BCUT2D eigenvalue weighted by Crippen LogP contribution is 2.36. The molecular weight excluding hydrogens is 335 g/mol. The maximum atomic E-state index is 14.1. The third-order valence-electron chi connectivity index (χ3n) is 4.48. The second-order valence-corrected chi connectivity index (χ2v) is 7.77. The Bertz CT molecular complexity index is 754. The van der Waals surface area contributed by atoms with Gasteiger partial charge in [-0.15, -0.1) is 0 Å². The van der Waals surface area contributed by atoms with Crippen molar-refractivity contribution < 1.29 is 18.4 Å². The first-order valence-corrected chi connectivity index (χ1v) is 8.98. The van der Waals surface area contributed by atoms with Crippen LogP contribution >= 0.6 is 0 Å². The molecule has 1 aromatic heterocycles. The Kier molecular flexibility index (Phi) is 5.46. The molecule has 1 aliphatic rings. The predicted octanol–water partition coefficient (Wildman–Crippen LogP) is 4.67. The van der Waals surface area contributed by atoms with E-state index in [1.54, 1.807) is 19.2 Å². The van der Waals surface area contributed by atoms with Gasteiger partial charge in [0.25, 0.3) is 0 Å². The Morgan fingerprint density at radius 2 is 2.08 bits per heavy atom. The molecule has 2 heterocycles. The van der Waals surface area contributed by atoms with Crippen molar-refractivity contribution in [3.63, 3.8) is 0 Å². The van der Waals surface area contributed by atoms with Crippen LogP contribution in [0.15, 0.2) is 28.8 Å². The number of likely N-dealkylation sites (tertiary alicyclic amines) is 1. The first-order valence-electron chi connectivity index (χ1n) is 8.98. The molecule has 1 fully saturated rings. The highest BCUT2D eigenvalue weighted by Gasteiger charge is 2.36. The number of benzene rings is 1. The number of rotatable bonds is 5. The van der Waals surface area contributed by atoms with E-state index in [0.717, 1.165) is 30.6 Å². The molecule has 0 radical (unpaired) electrons. The average molecular weight is 362 g/mol. The Hall–Kier alpha value is -1.76. The van der Waals surface area contributed by atoms with Crippen molar-refractivity contribution in [2.24, 2.45) is 0 Å². The molecule has 1 unspecified atom stereocenters. The zero-order valence-corrected chi connectivity index (χ0v) is 16.1. The lowest BCUT2D eigenvalue weighted by Gasteiger charge is -2.35. The van der Waals surface area contributed by atoms with Gasteiger partial charge in [0.15, 0.2) is 5.76 Å². The number of aromatic nitrogens is 1. The minimum atomic E-state index is -0.460. The lowest BCUT2D eigenvalue weighted by Crippen LogP contribution is -2.42. The average Bonchev–Trinajstić information content (AvgIpc) is 3.22. The van der Waals surface area contributed by atoms with E-state index in [1.165, 1.54) is 6.07 Å². The minimum Gasteiger partial charge on any atom is -0.356 e. The van der Waals surface area contributed by atoms with E-state index in [-0.39, 0.29) is 17.5 Å². The van der Waals surface area contributed by atoms with E-state index < -0.39 is 6.41 Å². The molecule has 26 heavy (non-hydrogen) atoms. The molecule has 0 saturated carbocycles. The molecule has 0 amide bonds. The molecule has 142 valence electrons. The van der Waals surface area contributed by atoms with Crippen molar-refractivity contribution in [3.8, 4) is 11.3 Å². The molecule has 1 aromatic carbocycles. The monoisotopic (exact) mass is 362 g/mol. The predicted molar refractivity (Wildman–Crippen MR) is 97.0 cm³/mol. The normalized spacial score (nSPS) is 19.8. The highest BCUT2D eigenvalue weighted by atomic mass is 19.1. The van der Waals surface area contributed by atoms with Crippen LogP contribution in [0.4, 0.5) is 4.39 Å². The fourth-order valence-electron chi connectivity index (χ4n) is 3.31. The first-order chi connectivity index (χ1) is 12.3. The van der Waals surface area contributed by atoms with Gasteiger partial charge in [-0.1, -0.05) is 16.8 Å². The van der Waals surface area contributed by atoms with Gasteiger partial charge in [0, 0.05) is 19.7 Å². The summed E-state index contributed by atoms with van der Waals surface area (Å²) in [4.78, 5) is 2.14. The maximum absolute atomic E-state index is 14.1. The van der Waals surface area contributed by atoms with Crippen LogP contribution in [0.5, 0.6) is 0 Å². The van der Waals surface area contributed by atoms with Crippen molar-refractivity contribution >= 4 is 0 Å². The summed E-state index contributed by atoms with van der Waals surface area (Å²) in [5.74, 6) is 0.131. The molecule has 1 aliphatic heterocycles. The van der Waals surface area contributed by atoms with Crippen molar-refractivity contribution in [2.75, 3.05) is 13.7 Å².